The summed E-state index contributed by atoms with van der Waals surface area (Å²) >= 11 is 7.84. The average molecular weight is 495 g/mol. The van der Waals surface area contributed by atoms with Crippen LogP contribution in [0.4, 0.5) is 0 Å². The minimum Gasteiger partial charge on any atom is -0.466 e. The van der Waals surface area contributed by atoms with Crippen molar-refractivity contribution in [3.63, 3.8) is 0 Å². The molecule has 174 valence electrons. The molecule has 2 aromatic carbocycles. The standard InChI is InChI=1S/C26H23ClN2O4S/c1-14-21(25(30)32-3)23(22(15(2)28-14)26(31)33-4)16-8-7-9-17(12-16)24-29-20(13-34-24)18-10-5-6-11-19(18)27/h5-13,23,28H,1-4H3. The monoisotopic (exact) mass is 494 g/mol. The van der Waals surface area contributed by atoms with Crippen molar-refractivity contribution in [3.8, 4) is 21.8 Å². The van der Waals surface area contributed by atoms with Crippen molar-refractivity contribution in [2.75, 3.05) is 14.2 Å². The minimum atomic E-state index is -0.649. The molecule has 0 fully saturated rings. The van der Waals surface area contributed by atoms with Gasteiger partial charge in [-0.15, -0.1) is 11.3 Å². The number of hydrogen-bond donors (Lipinski definition) is 1. The topological polar surface area (TPSA) is 77.5 Å². The van der Waals surface area contributed by atoms with E-state index in [4.69, 9.17) is 26.1 Å². The smallest absolute Gasteiger partial charge is 0.336 e. The third-order valence-corrected chi connectivity index (χ3v) is 6.91. The number of esters is 2. The van der Waals surface area contributed by atoms with Crippen LogP contribution in [-0.4, -0.2) is 31.1 Å². The van der Waals surface area contributed by atoms with Gasteiger partial charge in [-0.2, -0.15) is 0 Å². The average Bonchev–Trinajstić information content (AvgIpc) is 3.33. The van der Waals surface area contributed by atoms with Gasteiger partial charge >= 0.3 is 11.9 Å². The van der Waals surface area contributed by atoms with Crippen molar-refractivity contribution in [1.29, 1.82) is 0 Å². The first-order chi connectivity index (χ1) is 16.3. The fraction of sp³-hybridized carbons (Fsp3) is 0.192. The Morgan fingerprint density at radius 3 is 2.24 bits per heavy atom. The van der Waals surface area contributed by atoms with Crippen molar-refractivity contribution >= 4 is 34.9 Å². The number of carbonyl (C=O) groups is 2. The Hall–Kier alpha value is -3.42. The number of nitrogens with zero attached hydrogens (tertiary/aromatic N) is 1. The van der Waals surface area contributed by atoms with Crippen LogP contribution in [0.2, 0.25) is 5.02 Å². The molecule has 4 rings (SSSR count). The molecule has 8 heteroatoms. The number of hydrogen-bond acceptors (Lipinski definition) is 7. The highest BCUT2D eigenvalue weighted by Crippen LogP contribution is 2.41. The van der Waals surface area contributed by atoms with Gasteiger partial charge in [0, 0.05) is 32.9 Å². The largest absolute Gasteiger partial charge is 0.466 e. The summed E-state index contributed by atoms with van der Waals surface area (Å²) in [4.78, 5) is 30.3. The zero-order valence-electron chi connectivity index (χ0n) is 19.1. The van der Waals surface area contributed by atoms with E-state index in [1.165, 1.54) is 25.6 Å². The molecule has 0 amide bonds. The molecule has 0 unspecified atom stereocenters. The summed E-state index contributed by atoms with van der Waals surface area (Å²) in [7, 11) is 2.65. The summed E-state index contributed by atoms with van der Waals surface area (Å²) in [5.41, 5.74) is 5.25. The van der Waals surface area contributed by atoms with Crippen molar-refractivity contribution in [2.24, 2.45) is 0 Å². The Labute approximate surface area is 206 Å². The number of aromatic nitrogens is 1. The molecular weight excluding hydrogens is 472 g/mol. The Morgan fingerprint density at radius 2 is 1.62 bits per heavy atom. The van der Waals surface area contributed by atoms with Gasteiger partial charge < -0.3 is 14.8 Å². The molecule has 0 atom stereocenters. The van der Waals surface area contributed by atoms with Crippen LogP contribution in [0.3, 0.4) is 0 Å². The van der Waals surface area contributed by atoms with Gasteiger partial charge in [-0.25, -0.2) is 14.6 Å². The number of benzene rings is 2. The number of rotatable bonds is 5. The first-order valence-corrected chi connectivity index (χ1v) is 11.8. The zero-order valence-corrected chi connectivity index (χ0v) is 20.7. The molecule has 0 radical (unpaired) electrons. The van der Waals surface area contributed by atoms with Gasteiger partial charge in [0.25, 0.3) is 0 Å². The summed E-state index contributed by atoms with van der Waals surface area (Å²) < 4.78 is 10.1. The van der Waals surface area contributed by atoms with Gasteiger partial charge in [0.1, 0.15) is 5.01 Å². The van der Waals surface area contributed by atoms with Gasteiger partial charge in [0.2, 0.25) is 0 Å². The van der Waals surface area contributed by atoms with Crippen LogP contribution in [0.15, 0.2) is 76.5 Å². The zero-order chi connectivity index (χ0) is 24.4. The summed E-state index contributed by atoms with van der Waals surface area (Å²) in [6, 6.07) is 15.2. The van der Waals surface area contributed by atoms with Crippen molar-refractivity contribution in [2.45, 2.75) is 19.8 Å². The lowest BCUT2D eigenvalue weighted by Gasteiger charge is -2.30. The Bertz CT molecular complexity index is 1300. The predicted molar refractivity (Wildman–Crippen MR) is 133 cm³/mol. The maximum absolute atomic E-state index is 12.8. The van der Waals surface area contributed by atoms with Crippen LogP contribution in [0.5, 0.6) is 0 Å². The molecular formula is C26H23ClN2O4S. The summed E-state index contributed by atoms with van der Waals surface area (Å²) in [6.07, 6.45) is 0. The van der Waals surface area contributed by atoms with Gasteiger partial charge in [0.15, 0.2) is 0 Å². The van der Waals surface area contributed by atoms with E-state index in [0.717, 1.165) is 27.4 Å². The molecule has 0 spiro atoms. The quantitative estimate of drug-likeness (QED) is 0.458. The number of thiazole rings is 1. The Balaban J connectivity index is 1.81. The molecule has 0 saturated carbocycles. The van der Waals surface area contributed by atoms with Crippen LogP contribution in [0, 0.1) is 0 Å². The summed E-state index contributed by atoms with van der Waals surface area (Å²) in [5.74, 6) is -1.67. The van der Waals surface area contributed by atoms with E-state index in [2.05, 4.69) is 5.32 Å². The second-order valence-corrected chi connectivity index (χ2v) is 9.03. The van der Waals surface area contributed by atoms with Crippen LogP contribution < -0.4 is 5.32 Å². The molecule has 0 aliphatic carbocycles. The SMILES string of the molecule is COC(=O)C1=C(C)NC(C)=C(C(=O)OC)C1c1cccc(-c2nc(-c3ccccc3Cl)cs2)c1. The Kier molecular flexibility index (Phi) is 6.86. The molecule has 3 aromatic rings. The van der Waals surface area contributed by atoms with Gasteiger partial charge in [-0.3, -0.25) is 0 Å². The lowest BCUT2D eigenvalue weighted by molar-refractivity contribution is -0.137. The van der Waals surface area contributed by atoms with E-state index in [-0.39, 0.29) is 0 Å². The second-order valence-electron chi connectivity index (χ2n) is 7.76. The lowest BCUT2D eigenvalue weighted by Crippen LogP contribution is -2.32. The molecule has 0 bridgehead atoms. The molecule has 1 aliphatic rings. The highest BCUT2D eigenvalue weighted by molar-refractivity contribution is 7.13. The predicted octanol–water partition coefficient (Wildman–Crippen LogP) is 5.71. The first kappa shape index (κ1) is 23.7. The molecule has 0 saturated heterocycles. The van der Waals surface area contributed by atoms with E-state index >= 15 is 0 Å². The van der Waals surface area contributed by atoms with Crippen molar-refractivity contribution in [3.05, 3.63) is 87.0 Å². The normalized spacial score (nSPS) is 14.1. The summed E-state index contributed by atoms with van der Waals surface area (Å²) in [6.45, 7) is 3.58. The third-order valence-electron chi connectivity index (χ3n) is 5.69. The van der Waals surface area contributed by atoms with Crippen LogP contribution in [-0.2, 0) is 19.1 Å². The maximum Gasteiger partial charge on any atom is 0.336 e. The molecule has 6 nitrogen and oxygen atoms in total. The fourth-order valence-corrected chi connectivity index (χ4v) is 5.19. The van der Waals surface area contributed by atoms with Gasteiger partial charge in [0.05, 0.1) is 37.0 Å². The fourth-order valence-electron chi connectivity index (χ4n) is 4.14. The molecule has 1 aromatic heterocycles. The number of carbonyl (C=O) groups excluding carboxylic acids is 2. The van der Waals surface area contributed by atoms with Crippen molar-refractivity contribution < 1.29 is 19.1 Å². The number of ether oxygens (including phenoxy) is 2. The van der Waals surface area contributed by atoms with Crippen molar-refractivity contribution in [1.82, 2.24) is 10.3 Å². The number of halogens is 1. The van der Waals surface area contributed by atoms with E-state index in [0.29, 0.717) is 27.6 Å². The van der Waals surface area contributed by atoms with Crippen LogP contribution >= 0.6 is 22.9 Å². The molecule has 34 heavy (non-hydrogen) atoms. The molecule has 1 N–H and O–H groups in total. The number of allylic oxidation sites excluding steroid dienone is 2. The maximum atomic E-state index is 12.8. The van der Waals surface area contributed by atoms with E-state index in [1.54, 1.807) is 13.8 Å². The second kappa shape index (κ2) is 9.83. The molecule has 2 heterocycles. The third kappa shape index (κ3) is 4.36. The van der Waals surface area contributed by atoms with Crippen LogP contribution in [0.25, 0.3) is 21.8 Å². The van der Waals surface area contributed by atoms with Crippen LogP contribution in [0.1, 0.15) is 25.3 Å². The highest BCUT2D eigenvalue weighted by atomic mass is 35.5. The number of nitrogens with one attached hydrogen (secondary N) is 1. The minimum absolute atomic E-state index is 0.363. The number of methoxy groups -OCH3 is 2. The Morgan fingerprint density at radius 1 is 0.971 bits per heavy atom. The number of dihydropyridines is 1. The van der Waals surface area contributed by atoms with Gasteiger partial charge in [-0.05, 0) is 31.5 Å². The highest BCUT2D eigenvalue weighted by Gasteiger charge is 2.37. The summed E-state index contributed by atoms with van der Waals surface area (Å²) in [5, 5.41) is 6.51. The lowest BCUT2D eigenvalue weighted by atomic mass is 9.80. The van der Waals surface area contributed by atoms with E-state index in [1.807, 2.05) is 53.9 Å². The van der Waals surface area contributed by atoms with E-state index < -0.39 is 17.9 Å². The molecule has 1 aliphatic heterocycles. The van der Waals surface area contributed by atoms with E-state index in [9.17, 15) is 9.59 Å². The first-order valence-electron chi connectivity index (χ1n) is 10.5. The van der Waals surface area contributed by atoms with Gasteiger partial charge in [-0.1, -0.05) is 48.0 Å².